The van der Waals surface area contributed by atoms with E-state index in [0.717, 1.165) is 30.5 Å². The first-order valence-corrected chi connectivity index (χ1v) is 7.03. The molecule has 1 heterocycles. The van der Waals surface area contributed by atoms with Crippen molar-refractivity contribution in [3.05, 3.63) is 17.5 Å². The Hall–Kier alpha value is -1.07. The van der Waals surface area contributed by atoms with E-state index in [2.05, 4.69) is 10.4 Å². The third-order valence-electron chi connectivity index (χ3n) is 4.18. The van der Waals surface area contributed by atoms with Crippen LogP contribution in [0.3, 0.4) is 0 Å². The van der Waals surface area contributed by atoms with E-state index in [1.54, 1.807) is 4.68 Å². The summed E-state index contributed by atoms with van der Waals surface area (Å²) in [6, 6.07) is 0.000208. The summed E-state index contributed by atoms with van der Waals surface area (Å²) < 4.78 is 1.78. The predicted octanol–water partition coefficient (Wildman–Crippen LogP) is 1.70. The average Bonchev–Trinajstić information content (AvgIpc) is 2.95. The molecular weight excluding hydrogens is 276 g/mol. The van der Waals surface area contributed by atoms with E-state index in [1.807, 2.05) is 27.1 Å². The largest absolute Gasteiger partial charge is 0.349 e. The molecule has 0 bridgehead atoms. The molecule has 3 atom stereocenters. The molecule has 1 unspecified atom stereocenters. The summed E-state index contributed by atoms with van der Waals surface area (Å²) in [4.78, 5) is 12.3. The van der Waals surface area contributed by atoms with Crippen LogP contribution in [0, 0.1) is 18.8 Å². The second-order valence-electron chi connectivity index (χ2n) is 5.61. The zero-order valence-electron chi connectivity index (χ0n) is 12.4. The summed E-state index contributed by atoms with van der Waals surface area (Å²) >= 11 is 0. The Bertz CT molecular complexity index is 460. The van der Waals surface area contributed by atoms with Gasteiger partial charge in [0.2, 0.25) is 5.91 Å². The van der Waals surface area contributed by atoms with Gasteiger partial charge in [-0.1, -0.05) is 6.42 Å². The molecular formula is C14H25ClN4O. The van der Waals surface area contributed by atoms with Crippen LogP contribution in [0.25, 0.3) is 0 Å². The van der Waals surface area contributed by atoms with Gasteiger partial charge in [-0.2, -0.15) is 5.10 Å². The molecule has 114 valence electrons. The number of aryl methyl sites for hydroxylation is 2. The smallest absolute Gasteiger partial charge is 0.223 e. The van der Waals surface area contributed by atoms with Gasteiger partial charge in [0.05, 0.1) is 11.7 Å². The number of aromatic nitrogens is 2. The normalized spacial score (nSPS) is 23.2. The van der Waals surface area contributed by atoms with Gasteiger partial charge in [0.25, 0.3) is 0 Å². The highest BCUT2D eigenvalue weighted by Gasteiger charge is 2.32. The van der Waals surface area contributed by atoms with E-state index in [0.29, 0.717) is 12.5 Å². The summed E-state index contributed by atoms with van der Waals surface area (Å²) in [5.74, 6) is 0.579. The first-order chi connectivity index (χ1) is 9.02. The first kappa shape index (κ1) is 17.0. The molecule has 1 amide bonds. The summed E-state index contributed by atoms with van der Waals surface area (Å²) in [5.41, 5.74) is 7.79. The monoisotopic (exact) mass is 300 g/mol. The van der Waals surface area contributed by atoms with Crippen LogP contribution in [0.15, 0.2) is 6.20 Å². The average molecular weight is 301 g/mol. The molecule has 1 aromatic rings. The van der Waals surface area contributed by atoms with Crippen molar-refractivity contribution in [1.29, 1.82) is 0 Å². The Morgan fingerprint density at radius 2 is 2.30 bits per heavy atom. The highest BCUT2D eigenvalue weighted by Crippen LogP contribution is 2.31. The van der Waals surface area contributed by atoms with E-state index in [4.69, 9.17) is 5.73 Å². The number of halogens is 1. The second-order valence-corrected chi connectivity index (χ2v) is 5.61. The molecule has 0 aliphatic heterocycles. The fourth-order valence-electron chi connectivity index (χ4n) is 3.11. The maximum absolute atomic E-state index is 12.3. The number of hydrogen-bond acceptors (Lipinski definition) is 3. The Labute approximate surface area is 126 Å². The molecule has 1 fully saturated rings. The summed E-state index contributed by atoms with van der Waals surface area (Å²) in [6.07, 6.45) is 5.12. The lowest BCUT2D eigenvalue weighted by molar-refractivity contribution is -0.126. The van der Waals surface area contributed by atoms with Crippen molar-refractivity contribution in [3.8, 4) is 0 Å². The topological polar surface area (TPSA) is 72.9 Å². The lowest BCUT2D eigenvalue weighted by Crippen LogP contribution is -2.36. The number of nitrogens with one attached hydrogen (secondary N) is 1. The molecule has 2 rings (SSSR count). The first-order valence-electron chi connectivity index (χ1n) is 7.03. The van der Waals surface area contributed by atoms with Crippen molar-refractivity contribution < 1.29 is 4.79 Å². The minimum Gasteiger partial charge on any atom is -0.349 e. The van der Waals surface area contributed by atoms with Crippen molar-refractivity contribution in [2.45, 2.75) is 39.2 Å². The summed E-state index contributed by atoms with van der Waals surface area (Å²) in [6.45, 7) is 4.59. The summed E-state index contributed by atoms with van der Waals surface area (Å²) in [5, 5.41) is 7.42. The van der Waals surface area contributed by atoms with E-state index in [1.165, 1.54) is 0 Å². The van der Waals surface area contributed by atoms with Crippen molar-refractivity contribution in [1.82, 2.24) is 15.1 Å². The Morgan fingerprint density at radius 3 is 2.85 bits per heavy atom. The van der Waals surface area contributed by atoms with Crippen LogP contribution in [0.5, 0.6) is 0 Å². The fourth-order valence-corrected chi connectivity index (χ4v) is 3.11. The van der Waals surface area contributed by atoms with Crippen molar-refractivity contribution in [2.75, 3.05) is 6.54 Å². The number of rotatable bonds is 4. The molecule has 1 aliphatic carbocycles. The molecule has 6 heteroatoms. The van der Waals surface area contributed by atoms with E-state index >= 15 is 0 Å². The second kappa shape index (κ2) is 7.09. The molecule has 0 saturated heterocycles. The van der Waals surface area contributed by atoms with Crippen LogP contribution in [0.4, 0.5) is 0 Å². The summed E-state index contributed by atoms with van der Waals surface area (Å²) in [7, 11) is 1.90. The zero-order valence-corrected chi connectivity index (χ0v) is 13.2. The standard InChI is InChI=1S/C14H24N4O.ClH/c1-9(13-8-18(3)17-10(13)2)16-14(19)12-6-4-5-11(12)7-15;/h8-9,11-12H,4-7,15H2,1-3H3,(H,16,19);1H/t9?,11-,12-;/m1./s1. The number of amides is 1. The highest BCUT2D eigenvalue weighted by atomic mass is 35.5. The van der Waals surface area contributed by atoms with Gasteiger partial charge < -0.3 is 11.1 Å². The van der Waals surface area contributed by atoms with Gasteiger partial charge in [-0.3, -0.25) is 9.48 Å². The predicted molar refractivity (Wildman–Crippen MR) is 81.6 cm³/mol. The number of nitrogens with two attached hydrogens (primary N) is 1. The van der Waals surface area contributed by atoms with Crippen molar-refractivity contribution in [3.63, 3.8) is 0 Å². The Morgan fingerprint density at radius 1 is 1.60 bits per heavy atom. The van der Waals surface area contributed by atoms with Gasteiger partial charge in [-0.15, -0.1) is 12.4 Å². The maximum Gasteiger partial charge on any atom is 0.223 e. The molecule has 1 aromatic heterocycles. The molecule has 1 aliphatic rings. The molecule has 0 spiro atoms. The van der Waals surface area contributed by atoms with Gasteiger partial charge in [0.1, 0.15) is 0 Å². The van der Waals surface area contributed by atoms with Crippen molar-refractivity contribution in [2.24, 2.45) is 24.6 Å². The molecule has 20 heavy (non-hydrogen) atoms. The van der Waals surface area contributed by atoms with Crippen LogP contribution >= 0.6 is 12.4 Å². The fraction of sp³-hybridized carbons (Fsp3) is 0.714. The van der Waals surface area contributed by atoms with Crippen LogP contribution < -0.4 is 11.1 Å². The molecule has 1 saturated carbocycles. The lowest BCUT2D eigenvalue weighted by atomic mass is 9.95. The van der Waals surface area contributed by atoms with Crippen LogP contribution in [0.2, 0.25) is 0 Å². The van der Waals surface area contributed by atoms with Gasteiger partial charge in [-0.05, 0) is 39.2 Å². The maximum atomic E-state index is 12.3. The van der Waals surface area contributed by atoms with Crippen molar-refractivity contribution >= 4 is 18.3 Å². The van der Waals surface area contributed by atoms with E-state index in [-0.39, 0.29) is 30.3 Å². The van der Waals surface area contributed by atoms with Gasteiger partial charge >= 0.3 is 0 Å². The number of carbonyl (C=O) groups excluding carboxylic acids is 1. The minimum atomic E-state index is 0. The number of carbonyl (C=O) groups is 1. The van der Waals surface area contributed by atoms with Gasteiger partial charge in [0, 0.05) is 24.7 Å². The van der Waals surface area contributed by atoms with Gasteiger partial charge in [0.15, 0.2) is 0 Å². The van der Waals surface area contributed by atoms with Crippen LogP contribution in [-0.2, 0) is 11.8 Å². The third kappa shape index (κ3) is 3.52. The van der Waals surface area contributed by atoms with Crippen LogP contribution in [-0.4, -0.2) is 22.2 Å². The highest BCUT2D eigenvalue weighted by molar-refractivity contribution is 5.85. The third-order valence-corrected chi connectivity index (χ3v) is 4.18. The number of hydrogen-bond donors (Lipinski definition) is 2. The zero-order chi connectivity index (χ0) is 14.0. The molecule has 0 aromatic carbocycles. The number of nitrogens with zero attached hydrogens (tertiary/aromatic N) is 2. The Balaban J connectivity index is 0.00000200. The van der Waals surface area contributed by atoms with E-state index in [9.17, 15) is 4.79 Å². The van der Waals surface area contributed by atoms with E-state index < -0.39 is 0 Å². The van der Waals surface area contributed by atoms with Crippen LogP contribution in [0.1, 0.15) is 43.5 Å². The molecule has 0 radical (unpaired) electrons. The lowest BCUT2D eigenvalue weighted by Gasteiger charge is -2.20. The quantitative estimate of drug-likeness (QED) is 0.889. The Kier molecular flexibility index (Phi) is 6.02. The SMILES string of the molecule is Cc1nn(C)cc1C(C)NC(=O)[C@@H]1CCC[C@@H]1CN.Cl. The van der Waals surface area contributed by atoms with Gasteiger partial charge in [-0.25, -0.2) is 0 Å². The molecule has 5 nitrogen and oxygen atoms in total. The molecule has 3 N–H and O–H groups in total. The minimum absolute atomic E-state index is 0.